The van der Waals surface area contributed by atoms with Crippen molar-refractivity contribution in [2.45, 2.75) is 13.1 Å². The van der Waals surface area contributed by atoms with E-state index in [0.717, 1.165) is 44.5 Å². The quantitative estimate of drug-likeness (QED) is 0.326. The number of fused-ring (bicyclic) bond motifs is 1. The standard InChI is InChI=1S/C20H15F3N4S2/c1-2-24-14-7-3-12(4-8-14)18-25-19-16(28-18)11-17(29-19)27-26-15-9-5-13(6-10-15)20(21,22)23/h3-11,24H,2H2,1H3. The van der Waals surface area contributed by atoms with Crippen molar-refractivity contribution in [1.29, 1.82) is 0 Å². The molecule has 0 saturated carbocycles. The molecule has 148 valence electrons. The average molecular weight is 432 g/mol. The molecule has 0 atom stereocenters. The van der Waals surface area contributed by atoms with Gasteiger partial charge in [-0.2, -0.15) is 13.2 Å². The Labute approximate surface area is 172 Å². The normalized spacial score (nSPS) is 12.1. The molecule has 0 radical (unpaired) electrons. The summed E-state index contributed by atoms with van der Waals surface area (Å²) in [6.07, 6.45) is -4.36. The minimum atomic E-state index is -4.36. The molecule has 0 spiro atoms. The maximum atomic E-state index is 12.6. The molecule has 29 heavy (non-hydrogen) atoms. The lowest BCUT2D eigenvalue weighted by Crippen LogP contribution is -2.03. The molecule has 2 aromatic carbocycles. The van der Waals surface area contributed by atoms with E-state index in [1.165, 1.54) is 23.5 Å². The first kappa shape index (κ1) is 19.5. The van der Waals surface area contributed by atoms with Gasteiger partial charge in [-0.1, -0.05) is 11.3 Å². The Morgan fingerprint density at radius 3 is 2.31 bits per heavy atom. The monoisotopic (exact) mass is 432 g/mol. The molecule has 4 rings (SSSR count). The third kappa shape index (κ3) is 4.46. The fourth-order valence-electron chi connectivity index (χ4n) is 2.65. The molecule has 0 bridgehead atoms. The molecular formula is C20H15F3N4S2. The van der Waals surface area contributed by atoms with Gasteiger partial charge < -0.3 is 5.32 Å². The number of hydrogen-bond acceptors (Lipinski definition) is 6. The smallest absolute Gasteiger partial charge is 0.385 e. The van der Waals surface area contributed by atoms with Crippen molar-refractivity contribution in [3.8, 4) is 10.6 Å². The van der Waals surface area contributed by atoms with Gasteiger partial charge in [0.05, 0.1) is 16.0 Å². The van der Waals surface area contributed by atoms with Crippen LogP contribution in [0.3, 0.4) is 0 Å². The van der Waals surface area contributed by atoms with Gasteiger partial charge in [0.15, 0.2) is 0 Å². The van der Waals surface area contributed by atoms with Gasteiger partial charge in [0.1, 0.15) is 14.8 Å². The Kier molecular flexibility index (Phi) is 5.33. The molecule has 0 aliphatic carbocycles. The minimum Gasteiger partial charge on any atom is -0.385 e. The summed E-state index contributed by atoms with van der Waals surface area (Å²) in [6.45, 7) is 2.92. The molecule has 4 aromatic rings. The van der Waals surface area contributed by atoms with Crippen LogP contribution in [-0.4, -0.2) is 11.5 Å². The summed E-state index contributed by atoms with van der Waals surface area (Å²) in [7, 11) is 0. The first-order valence-electron chi connectivity index (χ1n) is 8.76. The number of alkyl halides is 3. The van der Waals surface area contributed by atoms with E-state index in [1.54, 1.807) is 11.3 Å². The first-order valence-corrected chi connectivity index (χ1v) is 10.4. The van der Waals surface area contributed by atoms with Crippen LogP contribution in [-0.2, 0) is 6.18 Å². The van der Waals surface area contributed by atoms with Crippen LogP contribution in [0.25, 0.3) is 20.1 Å². The highest BCUT2D eigenvalue weighted by Crippen LogP contribution is 2.39. The Balaban J connectivity index is 1.50. The van der Waals surface area contributed by atoms with Gasteiger partial charge in [0.25, 0.3) is 0 Å². The molecule has 4 nitrogen and oxygen atoms in total. The third-order valence-corrected chi connectivity index (χ3v) is 6.14. The number of anilines is 1. The van der Waals surface area contributed by atoms with Gasteiger partial charge >= 0.3 is 6.18 Å². The second kappa shape index (κ2) is 7.92. The van der Waals surface area contributed by atoms with Crippen LogP contribution >= 0.6 is 22.7 Å². The average Bonchev–Trinajstić information content (AvgIpc) is 3.26. The summed E-state index contributed by atoms with van der Waals surface area (Å²) in [5, 5.41) is 13.0. The molecule has 9 heteroatoms. The zero-order chi connectivity index (χ0) is 20.4. The lowest BCUT2D eigenvalue weighted by atomic mass is 10.2. The number of benzene rings is 2. The molecule has 0 aliphatic heterocycles. The van der Waals surface area contributed by atoms with E-state index in [4.69, 9.17) is 0 Å². The SMILES string of the molecule is CCNc1ccc(-c2nc3sc(N=Nc4ccc(C(F)(F)F)cc4)cc3s2)cc1. The van der Waals surface area contributed by atoms with Gasteiger partial charge in [0.2, 0.25) is 0 Å². The van der Waals surface area contributed by atoms with Crippen molar-refractivity contribution in [1.82, 2.24) is 4.98 Å². The summed E-state index contributed by atoms with van der Waals surface area (Å²) in [4.78, 5) is 5.53. The van der Waals surface area contributed by atoms with Crippen molar-refractivity contribution in [3.05, 3.63) is 60.2 Å². The van der Waals surface area contributed by atoms with Crippen LogP contribution in [0.2, 0.25) is 0 Å². The lowest BCUT2D eigenvalue weighted by Gasteiger charge is -2.05. The molecule has 1 N–H and O–H groups in total. The number of hydrogen-bond donors (Lipinski definition) is 1. The Morgan fingerprint density at radius 1 is 0.966 bits per heavy atom. The van der Waals surface area contributed by atoms with Crippen LogP contribution in [0.1, 0.15) is 12.5 Å². The van der Waals surface area contributed by atoms with Crippen molar-refractivity contribution in [3.63, 3.8) is 0 Å². The van der Waals surface area contributed by atoms with E-state index in [0.29, 0.717) is 10.7 Å². The predicted octanol–water partition coefficient (Wildman–Crippen LogP) is 7.89. The van der Waals surface area contributed by atoms with Crippen LogP contribution in [0.15, 0.2) is 64.8 Å². The molecule has 0 saturated heterocycles. The van der Waals surface area contributed by atoms with Gasteiger partial charge in [0, 0.05) is 17.8 Å². The molecule has 0 unspecified atom stereocenters. The highest BCUT2D eigenvalue weighted by Gasteiger charge is 2.29. The molecule has 0 fully saturated rings. The maximum Gasteiger partial charge on any atom is 0.416 e. The maximum absolute atomic E-state index is 12.6. The van der Waals surface area contributed by atoms with Crippen molar-refractivity contribution < 1.29 is 13.2 Å². The van der Waals surface area contributed by atoms with Gasteiger partial charge in [-0.25, -0.2) is 4.98 Å². The fourth-order valence-corrected chi connectivity index (χ4v) is 4.69. The van der Waals surface area contributed by atoms with E-state index < -0.39 is 11.7 Å². The number of nitrogens with zero attached hydrogens (tertiary/aromatic N) is 3. The summed E-state index contributed by atoms with van der Waals surface area (Å²) >= 11 is 2.97. The van der Waals surface area contributed by atoms with Crippen molar-refractivity contribution in [2.75, 3.05) is 11.9 Å². The Bertz CT molecular complexity index is 1110. The fraction of sp³-hybridized carbons (Fsp3) is 0.150. The molecule has 2 aromatic heterocycles. The zero-order valence-corrected chi connectivity index (χ0v) is 16.8. The Morgan fingerprint density at radius 2 is 1.69 bits per heavy atom. The largest absolute Gasteiger partial charge is 0.416 e. The second-order valence-electron chi connectivity index (χ2n) is 6.13. The first-order chi connectivity index (χ1) is 13.9. The molecule has 2 heterocycles. The van der Waals surface area contributed by atoms with Gasteiger partial charge in [-0.3, -0.25) is 0 Å². The molecule has 0 aliphatic rings. The Hall–Kier alpha value is -2.78. The molecule has 0 amide bonds. The number of thiazole rings is 1. The van der Waals surface area contributed by atoms with Crippen LogP contribution < -0.4 is 5.32 Å². The van der Waals surface area contributed by atoms with Gasteiger partial charge in [-0.05, 0) is 61.5 Å². The highest BCUT2D eigenvalue weighted by atomic mass is 32.1. The summed E-state index contributed by atoms with van der Waals surface area (Å²) in [6, 6.07) is 14.6. The summed E-state index contributed by atoms with van der Waals surface area (Å²) in [5.41, 5.74) is 1.78. The van der Waals surface area contributed by atoms with Crippen LogP contribution in [0, 0.1) is 0 Å². The topological polar surface area (TPSA) is 49.6 Å². The summed E-state index contributed by atoms with van der Waals surface area (Å²) in [5.74, 6) is 0. The van der Waals surface area contributed by atoms with Crippen LogP contribution in [0.5, 0.6) is 0 Å². The predicted molar refractivity (Wildman–Crippen MR) is 113 cm³/mol. The van der Waals surface area contributed by atoms with Crippen molar-refractivity contribution in [2.24, 2.45) is 10.2 Å². The summed E-state index contributed by atoms with van der Waals surface area (Å²) < 4.78 is 38.8. The number of azo groups is 1. The number of nitrogens with one attached hydrogen (secondary N) is 1. The minimum absolute atomic E-state index is 0.365. The number of thiophene rings is 1. The van der Waals surface area contributed by atoms with Crippen LogP contribution in [0.4, 0.5) is 29.5 Å². The second-order valence-corrected chi connectivity index (χ2v) is 8.17. The number of aromatic nitrogens is 1. The molecular weight excluding hydrogens is 417 g/mol. The van der Waals surface area contributed by atoms with Gasteiger partial charge in [-0.15, -0.1) is 21.6 Å². The van der Waals surface area contributed by atoms with E-state index in [1.807, 2.05) is 30.3 Å². The van der Waals surface area contributed by atoms with E-state index in [9.17, 15) is 13.2 Å². The van der Waals surface area contributed by atoms with E-state index in [-0.39, 0.29) is 0 Å². The zero-order valence-electron chi connectivity index (χ0n) is 15.2. The third-order valence-electron chi connectivity index (χ3n) is 4.05. The van der Waals surface area contributed by atoms with E-state index in [2.05, 4.69) is 27.5 Å². The number of halogens is 3. The highest BCUT2D eigenvalue weighted by molar-refractivity contribution is 7.30. The van der Waals surface area contributed by atoms with Crippen molar-refractivity contribution >= 4 is 48.6 Å². The number of rotatable bonds is 5. The van der Waals surface area contributed by atoms with E-state index >= 15 is 0 Å². The lowest BCUT2D eigenvalue weighted by molar-refractivity contribution is -0.137.